The molecule has 1 aromatic heterocycles. The van der Waals surface area contributed by atoms with Crippen molar-refractivity contribution in [2.24, 2.45) is 0 Å². The molecule has 0 aliphatic carbocycles. The van der Waals surface area contributed by atoms with Crippen LogP contribution in [0.25, 0.3) is 0 Å². The number of aryl methyl sites for hydroxylation is 1. The summed E-state index contributed by atoms with van der Waals surface area (Å²) in [5.41, 5.74) is 2.49. The van der Waals surface area contributed by atoms with E-state index in [1.807, 2.05) is 6.07 Å². The Morgan fingerprint density at radius 1 is 1.41 bits per heavy atom. The maximum atomic E-state index is 8.86. The number of nitrogens with zero attached hydrogens (tertiary/aromatic N) is 4. The van der Waals surface area contributed by atoms with Crippen LogP contribution in [-0.2, 0) is 12.3 Å². The van der Waals surface area contributed by atoms with Crippen molar-refractivity contribution in [3.63, 3.8) is 0 Å². The first-order valence-electron chi connectivity index (χ1n) is 5.35. The molecule has 2 rings (SSSR count). The molecule has 0 fully saturated rings. The fraction of sp³-hybridized carbons (Fsp3) is 0.364. The molecular weight excluding hydrogens is 236 g/mol. The summed E-state index contributed by atoms with van der Waals surface area (Å²) in [5.74, 6) is 0.827. The lowest BCUT2D eigenvalue weighted by atomic mass is 10.2. The lowest BCUT2D eigenvalue weighted by Crippen LogP contribution is -2.05. The van der Waals surface area contributed by atoms with Crippen molar-refractivity contribution >= 4 is 11.8 Å². The van der Waals surface area contributed by atoms with E-state index in [1.54, 1.807) is 16.4 Å². The Bertz CT molecular complexity index is 486. The molecule has 0 bridgehead atoms. The van der Waals surface area contributed by atoms with Gasteiger partial charge in [0.25, 0.3) is 0 Å². The van der Waals surface area contributed by atoms with Crippen LogP contribution in [0.1, 0.15) is 11.1 Å². The number of hydrogen-bond acceptors (Lipinski definition) is 5. The number of rotatable bonds is 5. The van der Waals surface area contributed by atoms with Crippen LogP contribution in [0.5, 0.6) is 0 Å². The summed E-state index contributed by atoms with van der Waals surface area (Å²) < 4.78 is 1.61. The third kappa shape index (κ3) is 3.28. The van der Waals surface area contributed by atoms with Crippen molar-refractivity contribution in [3.8, 4) is 0 Å². The predicted molar refractivity (Wildman–Crippen MR) is 65.6 cm³/mol. The van der Waals surface area contributed by atoms with E-state index in [-0.39, 0.29) is 6.61 Å². The number of tetrazole rings is 1. The van der Waals surface area contributed by atoms with Gasteiger partial charge < -0.3 is 5.11 Å². The molecule has 17 heavy (non-hydrogen) atoms. The maximum Gasteiger partial charge on any atom is 0.209 e. The standard InChI is InChI=1S/C11H14N4OS/c1-9-3-2-4-10(7-9)8-17-11-12-13-14-15(11)5-6-16/h2-4,7,16H,5-6,8H2,1H3. The summed E-state index contributed by atoms with van der Waals surface area (Å²) in [6, 6.07) is 8.35. The van der Waals surface area contributed by atoms with Crippen molar-refractivity contribution in [1.29, 1.82) is 0 Å². The summed E-state index contributed by atoms with van der Waals surface area (Å²) in [6.45, 7) is 2.55. The van der Waals surface area contributed by atoms with Crippen LogP contribution in [-0.4, -0.2) is 31.9 Å². The summed E-state index contributed by atoms with van der Waals surface area (Å²) >= 11 is 1.57. The van der Waals surface area contributed by atoms with Gasteiger partial charge in [-0.2, -0.15) is 0 Å². The summed E-state index contributed by atoms with van der Waals surface area (Å²) in [6.07, 6.45) is 0. The summed E-state index contributed by atoms with van der Waals surface area (Å²) in [5, 5.41) is 20.9. The van der Waals surface area contributed by atoms with Crippen molar-refractivity contribution in [2.75, 3.05) is 6.61 Å². The van der Waals surface area contributed by atoms with Gasteiger partial charge in [-0.1, -0.05) is 41.6 Å². The Morgan fingerprint density at radius 3 is 3.06 bits per heavy atom. The zero-order chi connectivity index (χ0) is 12.1. The molecule has 0 aliphatic heterocycles. The first kappa shape index (κ1) is 12.1. The van der Waals surface area contributed by atoms with E-state index in [4.69, 9.17) is 5.11 Å². The lowest BCUT2D eigenvalue weighted by molar-refractivity contribution is 0.262. The molecule has 90 valence electrons. The van der Waals surface area contributed by atoms with E-state index < -0.39 is 0 Å². The predicted octanol–water partition coefficient (Wildman–Crippen LogP) is 1.27. The van der Waals surface area contributed by atoms with E-state index in [9.17, 15) is 0 Å². The molecular formula is C11H14N4OS. The fourth-order valence-electron chi connectivity index (χ4n) is 1.48. The molecule has 1 aromatic carbocycles. The molecule has 5 nitrogen and oxygen atoms in total. The normalized spacial score (nSPS) is 10.7. The van der Waals surface area contributed by atoms with E-state index >= 15 is 0 Å². The van der Waals surface area contributed by atoms with Crippen LogP contribution in [0.2, 0.25) is 0 Å². The zero-order valence-electron chi connectivity index (χ0n) is 9.58. The quantitative estimate of drug-likeness (QED) is 0.809. The molecule has 0 saturated carbocycles. The highest BCUT2D eigenvalue weighted by Gasteiger charge is 2.06. The Balaban J connectivity index is 1.99. The summed E-state index contributed by atoms with van der Waals surface area (Å²) in [7, 11) is 0. The maximum absolute atomic E-state index is 8.86. The molecule has 1 heterocycles. The highest BCUT2D eigenvalue weighted by Crippen LogP contribution is 2.20. The van der Waals surface area contributed by atoms with E-state index in [0.29, 0.717) is 6.54 Å². The van der Waals surface area contributed by atoms with Crippen LogP contribution >= 0.6 is 11.8 Å². The van der Waals surface area contributed by atoms with Gasteiger partial charge in [-0.15, -0.1) is 5.10 Å². The largest absolute Gasteiger partial charge is 0.394 e. The van der Waals surface area contributed by atoms with Gasteiger partial charge in [0.1, 0.15) is 0 Å². The summed E-state index contributed by atoms with van der Waals surface area (Å²) in [4.78, 5) is 0. The topological polar surface area (TPSA) is 63.8 Å². The van der Waals surface area contributed by atoms with E-state index in [1.165, 1.54) is 11.1 Å². The first-order valence-corrected chi connectivity index (χ1v) is 6.33. The lowest BCUT2D eigenvalue weighted by Gasteiger charge is -2.03. The van der Waals surface area contributed by atoms with Crippen LogP contribution in [0.15, 0.2) is 29.4 Å². The molecule has 0 atom stereocenters. The number of hydrogen-bond donors (Lipinski definition) is 1. The van der Waals surface area contributed by atoms with Gasteiger partial charge in [-0.3, -0.25) is 0 Å². The number of aliphatic hydroxyl groups excluding tert-OH is 1. The van der Waals surface area contributed by atoms with Gasteiger partial charge in [-0.05, 0) is 22.9 Å². The molecule has 0 radical (unpaired) electrons. The van der Waals surface area contributed by atoms with Gasteiger partial charge in [0.05, 0.1) is 13.2 Å². The van der Waals surface area contributed by atoms with Gasteiger partial charge >= 0.3 is 0 Å². The number of thioether (sulfide) groups is 1. The van der Waals surface area contributed by atoms with Crippen molar-refractivity contribution in [1.82, 2.24) is 20.2 Å². The number of aromatic nitrogens is 4. The third-order valence-electron chi connectivity index (χ3n) is 2.26. The highest BCUT2D eigenvalue weighted by molar-refractivity contribution is 7.98. The van der Waals surface area contributed by atoms with Crippen LogP contribution in [0, 0.1) is 6.92 Å². The third-order valence-corrected chi connectivity index (χ3v) is 3.29. The van der Waals surface area contributed by atoms with E-state index in [2.05, 4.69) is 40.6 Å². The highest BCUT2D eigenvalue weighted by atomic mass is 32.2. The van der Waals surface area contributed by atoms with Crippen LogP contribution in [0.4, 0.5) is 0 Å². The second-order valence-electron chi connectivity index (χ2n) is 3.69. The van der Waals surface area contributed by atoms with Gasteiger partial charge in [0.15, 0.2) is 0 Å². The molecule has 0 unspecified atom stereocenters. The molecule has 1 N–H and O–H groups in total. The van der Waals surface area contributed by atoms with Crippen molar-refractivity contribution in [2.45, 2.75) is 24.4 Å². The minimum Gasteiger partial charge on any atom is -0.394 e. The smallest absolute Gasteiger partial charge is 0.209 e. The molecule has 6 heteroatoms. The molecule has 0 saturated heterocycles. The second-order valence-corrected chi connectivity index (χ2v) is 4.63. The molecule has 0 spiro atoms. The van der Waals surface area contributed by atoms with Gasteiger partial charge in [-0.25, -0.2) is 4.68 Å². The Morgan fingerprint density at radius 2 is 2.29 bits per heavy atom. The van der Waals surface area contributed by atoms with Crippen LogP contribution in [0.3, 0.4) is 0 Å². The molecule has 0 aliphatic rings. The average molecular weight is 250 g/mol. The fourth-order valence-corrected chi connectivity index (χ4v) is 2.33. The average Bonchev–Trinajstić information content (AvgIpc) is 2.75. The van der Waals surface area contributed by atoms with Gasteiger partial charge in [0, 0.05) is 5.75 Å². The van der Waals surface area contributed by atoms with Crippen molar-refractivity contribution < 1.29 is 5.11 Å². The monoisotopic (exact) mass is 250 g/mol. The number of benzene rings is 1. The Labute approximate surface area is 104 Å². The Kier molecular flexibility index (Phi) is 4.11. The second kappa shape index (κ2) is 5.79. The molecule has 2 aromatic rings. The van der Waals surface area contributed by atoms with Gasteiger partial charge in [0.2, 0.25) is 5.16 Å². The zero-order valence-corrected chi connectivity index (χ0v) is 10.4. The molecule has 0 amide bonds. The van der Waals surface area contributed by atoms with E-state index in [0.717, 1.165) is 10.9 Å². The first-order chi connectivity index (χ1) is 8.29. The minimum absolute atomic E-state index is 0.0447. The van der Waals surface area contributed by atoms with Crippen molar-refractivity contribution in [3.05, 3.63) is 35.4 Å². The van der Waals surface area contributed by atoms with Crippen LogP contribution < -0.4 is 0 Å². The Hall–Kier alpha value is -1.40. The SMILES string of the molecule is Cc1cccc(CSc2nnnn2CCO)c1. The minimum atomic E-state index is 0.0447. The number of aliphatic hydroxyl groups is 1.